The van der Waals surface area contributed by atoms with Crippen molar-refractivity contribution in [3.63, 3.8) is 0 Å². The summed E-state index contributed by atoms with van der Waals surface area (Å²) in [6.07, 6.45) is 4.78. The molecule has 4 atom stereocenters. The van der Waals surface area contributed by atoms with Crippen LogP contribution in [0, 0.1) is 5.92 Å². The molecule has 1 heterocycles. The standard InChI is InChI=1S/C12H22O3S/c1-3-12(13)8-9(2)16(14,15)11-7-5-4-6-10(11)12/h9-11,13H,3-8H2,1-2H3/t9-,10+,11+,12-/m1/s1. The Morgan fingerprint density at radius 3 is 2.56 bits per heavy atom. The van der Waals surface area contributed by atoms with E-state index in [1.54, 1.807) is 6.92 Å². The van der Waals surface area contributed by atoms with Crippen LogP contribution in [0.5, 0.6) is 0 Å². The molecule has 1 aliphatic heterocycles. The topological polar surface area (TPSA) is 54.4 Å². The maximum atomic E-state index is 12.2. The monoisotopic (exact) mass is 246 g/mol. The van der Waals surface area contributed by atoms with E-state index >= 15 is 0 Å². The van der Waals surface area contributed by atoms with E-state index in [-0.39, 0.29) is 16.4 Å². The largest absolute Gasteiger partial charge is 0.390 e. The van der Waals surface area contributed by atoms with E-state index in [9.17, 15) is 13.5 Å². The lowest BCUT2D eigenvalue weighted by Gasteiger charge is -2.48. The minimum absolute atomic E-state index is 0.0209. The first-order valence-corrected chi connectivity index (χ1v) is 7.98. The van der Waals surface area contributed by atoms with Gasteiger partial charge in [-0.1, -0.05) is 19.8 Å². The third-order valence-electron chi connectivity index (χ3n) is 4.63. The van der Waals surface area contributed by atoms with Crippen LogP contribution in [0.3, 0.4) is 0 Å². The number of hydrogen-bond donors (Lipinski definition) is 1. The number of hydrogen-bond acceptors (Lipinski definition) is 3. The van der Waals surface area contributed by atoms with Crippen LogP contribution in [-0.4, -0.2) is 29.6 Å². The zero-order valence-corrected chi connectivity index (χ0v) is 11.0. The van der Waals surface area contributed by atoms with Gasteiger partial charge in [-0.2, -0.15) is 0 Å². The lowest BCUT2D eigenvalue weighted by molar-refractivity contribution is -0.0476. The maximum Gasteiger partial charge on any atom is 0.156 e. The van der Waals surface area contributed by atoms with Crippen LogP contribution in [-0.2, 0) is 9.84 Å². The SMILES string of the molecule is CC[C@@]1(O)C[C@@H](C)S(=O)(=O)[C@H]2CCCC[C@@H]21. The number of sulfone groups is 1. The molecule has 3 nitrogen and oxygen atoms in total. The average Bonchev–Trinajstić information content (AvgIpc) is 2.27. The van der Waals surface area contributed by atoms with Gasteiger partial charge >= 0.3 is 0 Å². The second-order valence-corrected chi connectivity index (χ2v) is 8.08. The molecule has 16 heavy (non-hydrogen) atoms. The van der Waals surface area contributed by atoms with Crippen LogP contribution in [0.2, 0.25) is 0 Å². The van der Waals surface area contributed by atoms with Crippen molar-refractivity contribution in [2.24, 2.45) is 5.92 Å². The molecule has 2 fully saturated rings. The Kier molecular flexibility index (Phi) is 3.08. The van der Waals surface area contributed by atoms with Crippen molar-refractivity contribution >= 4 is 9.84 Å². The molecule has 1 N–H and O–H groups in total. The van der Waals surface area contributed by atoms with E-state index in [2.05, 4.69) is 0 Å². The molecule has 0 aromatic heterocycles. The van der Waals surface area contributed by atoms with Crippen molar-refractivity contribution in [3.05, 3.63) is 0 Å². The van der Waals surface area contributed by atoms with Crippen molar-refractivity contribution in [3.8, 4) is 0 Å². The van der Waals surface area contributed by atoms with Gasteiger partial charge in [-0.3, -0.25) is 0 Å². The van der Waals surface area contributed by atoms with Crippen LogP contribution in [0.25, 0.3) is 0 Å². The predicted molar refractivity (Wildman–Crippen MR) is 64.0 cm³/mol. The van der Waals surface area contributed by atoms with Gasteiger partial charge in [0.05, 0.1) is 16.1 Å². The molecule has 1 saturated heterocycles. The van der Waals surface area contributed by atoms with Crippen LogP contribution in [0.15, 0.2) is 0 Å². The van der Waals surface area contributed by atoms with Gasteiger partial charge < -0.3 is 5.11 Å². The van der Waals surface area contributed by atoms with Crippen molar-refractivity contribution in [1.82, 2.24) is 0 Å². The van der Waals surface area contributed by atoms with Crippen molar-refractivity contribution in [2.45, 2.75) is 68.5 Å². The van der Waals surface area contributed by atoms with Gasteiger partial charge in [0, 0.05) is 5.92 Å². The zero-order valence-electron chi connectivity index (χ0n) is 10.1. The highest BCUT2D eigenvalue weighted by atomic mass is 32.2. The fourth-order valence-electron chi connectivity index (χ4n) is 3.58. The van der Waals surface area contributed by atoms with Crippen molar-refractivity contribution in [1.29, 1.82) is 0 Å². The molecule has 1 aliphatic carbocycles. The van der Waals surface area contributed by atoms with Gasteiger partial charge in [0.15, 0.2) is 9.84 Å². The summed E-state index contributed by atoms with van der Waals surface area (Å²) in [5.41, 5.74) is -0.740. The fourth-order valence-corrected chi connectivity index (χ4v) is 6.04. The van der Waals surface area contributed by atoms with Gasteiger partial charge in [-0.05, 0) is 32.6 Å². The van der Waals surface area contributed by atoms with E-state index in [0.29, 0.717) is 12.8 Å². The summed E-state index contributed by atoms with van der Waals surface area (Å²) < 4.78 is 24.5. The highest BCUT2D eigenvalue weighted by Gasteiger charge is 2.53. The summed E-state index contributed by atoms with van der Waals surface area (Å²) >= 11 is 0. The molecule has 0 radical (unpaired) electrons. The summed E-state index contributed by atoms with van der Waals surface area (Å²) in [5, 5.41) is 9.95. The minimum atomic E-state index is -3.00. The van der Waals surface area contributed by atoms with Crippen molar-refractivity contribution in [2.75, 3.05) is 0 Å². The molecule has 0 spiro atoms. The van der Waals surface area contributed by atoms with Crippen molar-refractivity contribution < 1.29 is 13.5 Å². The molecule has 0 aromatic rings. The minimum Gasteiger partial charge on any atom is -0.390 e. The van der Waals surface area contributed by atoms with Crippen LogP contribution >= 0.6 is 0 Å². The van der Waals surface area contributed by atoms with Gasteiger partial charge in [0.1, 0.15) is 0 Å². The molecular weight excluding hydrogens is 224 g/mol. The van der Waals surface area contributed by atoms with E-state index in [1.165, 1.54) is 0 Å². The summed E-state index contributed by atoms with van der Waals surface area (Å²) in [6.45, 7) is 3.72. The predicted octanol–water partition coefficient (Wildman–Crippen LogP) is 1.89. The molecule has 4 heteroatoms. The van der Waals surface area contributed by atoms with E-state index in [1.807, 2.05) is 6.92 Å². The molecular formula is C12H22O3S. The Morgan fingerprint density at radius 1 is 1.31 bits per heavy atom. The maximum absolute atomic E-state index is 12.2. The highest BCUT2D eigenvalue weighted by Crippen LogP contribution is 2.46. The lowest BCUT2D eigenvalue weighted by atomic mass is 9.72. The van der Waals surface area contributed by atoms with Gasteiger partial charge in [-0.15, -0.1) is 0 Å². The molecule has 94 valence electrons. The molecule has 0 aromatic carbocycles. The van der Waals surface area contributed by atoms with Gasteiger partial charge in [0.2, 0.25) is 0 Å². The number of rotatable bonds is 1. The van der Waals surface area contributed by atoms with E-state index in [4.69, 9.17) is 0 Å². The molecule has 0 bridgehead atoms. The number of aliphatic hydroxyl groups is 1. The molecule has 2 aliphatic rings. The first-order valence-electron chi connectivity index (χ1n) is 6.37. The fraction of sp³-hybridized carbons (Fsp3) is 1.00. The Morgan fingerprint density at radius 2 is 1.94 bits per heavy atom. The second-order valence-electron chi connectivity index (χ2n) is 5.49. The van der Waals surface area contributed by atoms with E-state index < -0.39 is 15.4 Å². The Hall–Kier alpha value is -0.0900. The van der Waals surface area contributed by atoms with Gasteiger partial charge in [0.25, 0.3) is 0 Å². The summed E-state index contributed by atoms with van der Waals surface area (Å²) in [7, 11) is -3.00. The average molecular weight is 246 g/mol. The van der Waals surface area contributed by atoms with Crippen LogP contribution in [0.4, 0.5) is 0 Å². The summed E-state index contributed by atoms with van der Waals surface area (Å²) in [4.78, 5) is 0. The highest BCUT2D eigenvalue weighted by molar-refractivity contribution is 7.92. The quantitative estimate of drug-likeness (QED) is 0.768. The molecule has 0 unspecified atom stereocenters. The summed E-state index contributed by atoms with van der Waals surface area (Å²) in [5.74, 6) is -0.0209. The van der Waals surface area contributed by atoms with E-state index in [0.717, 1.165) is 25.7 Å². The Balaban J connectivity index is 2.38. The lowest BCUT2D eigenvalue weighted by Crippen LogP contribution is -2.56. The van der Waals surface area contributed by atoms with Crippen LogP contribution in [0.1, 0.15) is 52.4 Å². The first-order chi connectivity index (χ1) is 7.42. The van der Waals surface area contributed by atoms with Crippen LogP contribution < -0.4 is 0 Å². The van der Waals surface area contributed by atoms with Gasteiger partial charge in [-0.25, -0.2) is 8.42 Å². The third-order valence-corrected chi connectivity index (χ3v) is 7.33. The smallest absolute Gasteiger partial charge is 0.156 e. The first kappa shape index (κ1) is 12.4. The Labute approximate surface area is 98.2 Å². The zero-order chi connectivity index (χ0) is 12.0. The third kappa shape index (κ3) is 1.70. The second kappa shape index (κ2) is 3.98. The molecule has 2 rings (SSSR count). The Bertz CT molecular complexity index is 362. The number of fused-ring (bicyclic) bond motifs is 1. The normalized spacial score (nSPS) is 47.3. The molecule has 0 amide bonds. The molecule has 1 saturated carbocycles. The summed E-state index contributed by atoms with van der Waals surface area (Å²) in [6, 6.07) is 0.